The van der Waals surface area contributed by atoms with Gasteiger partial charge in [0.25, 0.3) is 0 Å². The fourth-order valence-corrected chi connectivity index (χ4v) is 2.33. The number of allylic oxidation sites excluding steroid dienone is 3. The van der Waals surface area contributed by atoms with Gasteiger partial charge in [-0.2, -0.15) is 0 Å². The summed E-state index contributed by atoms with van der Waals surface area (Å²) in [6.07, 6.45) is 24.8. The van der Waals surface area contributed by atoms with Gasteiger partial charge in [-0.05, 0) is 18.9 Å². The van der Waals surface area contributed by atoms with Crippen molar-refractivity contribution in [2.45, 2.75) is 90.4 Å². The Morgan fingerprint density at radius 1 is 0.632 bits per heavy atom. The van der Waals surface area contributed by atoms with Crippen LogP contribution in [0.15, 0.2) is 24.5 Å². The van der Waals surface area contributed by atoms with Gasteiger partial charge in [0, 0.05) is 0 Å². The molecular formula is C18H34O. The Labute approximate surface area is 120 Å². The fraction of sp³-hybridized carbons (Fsp3) is 0.778. The highest BCUT2D eigenvalue weighted by Gasteiger charge is 1.92. The van der Waals surface area contributed by atoms with Gasteiger partial charge < -0.3 is 5.11 Å². The van der Waals surface area contributed by atoms with Crippen molar-refractivity contribution in [1.29, 1.82) is 0 Å². The van der Waals surface area contributed by atoms with Crippen molar-refractivity contribution >= 4 is 0 Å². The van der Waals surface area contributed by atoms with Crippen molar-refractivity contribution in [3.8, 4) is 0 Å². The average molecular weight is 266 g/mol. The molecule has 0 unspecified atom stereocenters. The number of hydrogen-bond acceptors (Lipinski definition) is 1. The van der Waals surface area contributed by atoms with Crippen molar-refractivity contribution in [3.63, 3.8) is 0 Å². The maximum absolute atomic E-state index is 8.44. The predicted octanol–water partition coefficient (Wildman–Crippen LogP) is 6.71. The van der Waals surface area contributed by atoms with Gasteiger partial charge in [-0.3, -0.25) is 0 Å². The van der Waals surface area contributed by atoms with Crippen molar-refractivity contribution in [1.82, 2.24) is 0 Å². The molecule has 0 radical (unpaired) electrons. The Balaban J connectivity index is 2.99. The normalized spacial score (nSPS) is 11.8. The average Bonchev–Trinajstić information content (AvgIpc) is 2.43. The van der Waals surface area contributed by atoms with Crippen molar-refractivity contribution in [2.75, 3.05) is 0 Å². The summed E-state index contributed by atoms with van der Waals surface area (Å²) in [6, 6.07) is 0. The van der Waals surface area contributed by atoms with Crippen LogP contribution in [0.4, 0.5) is 0 Å². The van der Waals surface area contributed by atoms with Crippen molar-refractivity contribution in [2.24, 2.45) is 0 Å². The molecular weight excluding hydrogens is 232 g/mol. The van der Waals surface area contributed by atoms with Crippen LogP contribution < -0.4 is 0 Å². The summed E-state index contributed by atoms with van der Waals surface area (Å²) in [5, 5.41) is 8.44. The lowest BCUT2D eigenvalue weighted by Gasteiger charge is -2.02. The van der Waals surface area contributed by atoms with Gasteiger partial charge in [0.2, 0.25) is 0 Å². The zero-order chi connectivity index (χ0) is 14.0. The van der Waals surface area contributed by atoms with Crippen LogP contribution in [-0.2, 0) is 0 Å². The van der Waals surface area contributed by atoms with E-state index in [4.69, 9.17) is 5.11 Å². The molecule has 0 aliphatic carbocycles. The van der Waals surface area contributed by atoms with E-state index in [1.54, 1.807) is 6.08 Å². The first kappa shape index (κ1) is 18.3. The molecule has 0 aromatic rings. The van der Waals surface area contributed by atoms with Gasteiger partial charge in [0.1, 0.15) is 0 Å². The maximum Gasteiger partial charge on any atom is 0.0791 e. The highest BCUT2D eigenvalue weighted by Crippen LogP contribution is 2.12. The van der Waals surface area contributed by atoms with E-state index >= 15 is 0 Å². The number of hydrogen-bond donors (Lipinski definition) is 1. The highest BCUT2D eigenvalue weighted by atomic mass is 16.2. The molecule has 0 bridgehead atoms. The Morgan fingerprint density at radius 3 is 1.58 bits per heavy atom. The molecule has 1 N–H and O–H groups in total. The topological polar surface area (TPSA) is 20.2 Å². The van der Waals surface area contributed by atoms with Crippen LogP contribution in [0, 0.1) is 0 Å². The summed E-state index contributed by atoms with van der Waals surface area (Å²) in [4.78, 5) is 0. The van der Waals surface area contributed by atoms with Gasteiger partial charge in [0.05, 0.1) is 6.26 Å². The number of rotatable bonds is 14. The van der Waals surface area contributed by atoms with E-state index in [1.807, 2.05) is 6.08 Å². The van der Waals surface area contributed by atoms with Gasteiger partial charge >= 0.3 is 0 Å². The van der Waals surface area contributed by atoms with Crippen LogP contribution >= 0.6 is 0 Å². The van der Waals surface area contributed by atoms with Crippen molar-refractivity contribution in [3.05, 3.63) is 24.5 Å². The van der Waals surface area contributed by atoms with Crippen LogP contribution in [0.2, 0.25) is 0 Å². The molecule has 112 valence electrons. The molecule has 0 saturated heterocycles. The zero-order valence-electron chi connectivity index (χ0n) is 12.9. The van der Waals surface area contributed by atoms with E-state index in [1.165, 1.54) is 77.0 Å². The molecule has 0 rings (SSSR count). The van der Waals surface area contributed by atoms with E-state index in [0.717, 1.165) is 12.7 Å². The smallest absolute Gasteiger partial charge is 0.0791 e. The Hall–Kier alpha value is -0.720. The van der Waals surface area contributed by atoms with Crippen LogP contribution in [0.1, 0.15) is 90.4 Å². The highest BCUT2D eigenvalue weighted by molar-refractivity contribution is 4.98. The van der Waals surface area contributed by atoms with E-state index in [0.29, 0.717) is 0 Å². The van der Waals surface area contributed by atoms with E-state index < -0.39 is 0 Å². The van der Waals surface area contributed by atoms with Gasteiger partial charge in [-0.1, -0.05) is 89.7 Å². The van der Waals surface area contributed by atoms with E-state index in [2.05, 4.69) is 13.0 Å². The molecule has 0 fully saturated rings. The minimum Gasteiger partial charge on any atom is -0.516 e. The number of aliphatic hydroxyl groups is 1. The Morgan fingerprint density at radius 2 is 1.11 bits per heavy atom. The molecule has 0 saturated carbocycles. The SMILES string of the molecule is CCCCCCCCCCCCCC/C=C\C=C\O. The summed E-state index contributed by atoms with van der Waals surface area (Å²) < 4.78 is 0. The lowest BCUT2D eigenvalue weighted by Crippen LogP contribution is -1.82. The molecule has 19 heavy (non-hydrogen) atoms. The van der Waals surface area contributed by atoms with Crippen LogP contribution in [0.3, 0.4) is 0 Å². The largest absolute Gasteiger partial charge is 0.516 e. The Bertz CT molecular complexity index is 206. The fourth-order valence-electron chi connectivity index (χ4n) is 2.33. The number of unbranched alkanes of at least 4 members (excludes halogenated alkanes) is 12. The predicted molar refractivity (Wildman–Crippen MR) is 86.6 cm³/mol. The molecule has 0 heterocycles. The number of aliphatic hydroxyl groups excluding tert-OH is 1. The first-order valence-electron chi connectivity index (χ1n) is 8.37. The second kappa shape index (κ2) is 17.3. The van der Waals surface area contributed by atoms with Crippen LogP contribution in [0.25, 0.3) is 0 Å². The molecule has 1 nitrogen and oxygen atoms in total. The summed E-state index contributed by atoms with van der Waals surface area (Å²) in [5.74, 6) is 0. The molecule has 0 aromatic carbocycles. The van der Waals surface area contributed by atoms with E-state index in [-0.39, 0.29) is 0 Å². The summed E-state index contributed by atoms with van der Waals surface area (Å²) in [6.45, 7) is 2.28. The second-order valence-electron chi connectivity index (χ2n) is 5.45. The quantitative estimate of drug-likeness (QED) is 0.210. The van der Waals surface area contributed by atoms with Gasteiger partial charge in [-0.25, -0.2) is 0 Å². The summed E-state index contributed by atoms with van der Waals surface area (Å²) >= 11 is 0. The molecule has 0 aliphatic rings. The third-order valence-electron chi connectivity index (χ3n) is 3.56. The third kappa shape index (κ3) is 17.3. The standard InChI is InChI=1S/C18H34O/c1-2-3-4-5-6-7-8-9-10-11-12-13-14-15-16-17-18-19/h15-19H,2-14H2,1H3/b16-15-,18-17+. The first-order chi connectivity index (χ1) is 9.41. The summed E-state index contributed by atoms with van der Waals surface area (Å²) in [7, 11) is 0. The minimum absolute atomic E-state index is 1.08. The van der Waals surface area contributed by atoms with Crippen LogP contribution in [0.5, 0.6) is 0 Å². The molecule has 0 aromatic heterocycles. The first-order valence-corrected chi connectivity index (χ1v) is 8.37. The lowest BCUT2D eigenvalue weighted by molar-refractivity contribution is 0.473. The second-order valence-corrected chi connectivity index (χ2v) is 5.45. The van der Waals surface area contributed by atoms with Crippen LogP contribution in [-0.4, -0.2) is 5.11 Å². The molecule has 0 aliphatic heterocycles. The zero-order valence-corrected chi connectivity index (χ0v) is 12.9. The Kier molecular flexibility index (Phi) is 16.6. The lowest BCUT2D eigenvalue weighted by atomic mass is 10.0. The van der Waals surface area contributed by atoms with E-state index in [9.17, 15) is 0 Å². The summed E-state index contributed by atoms with van der Waals surface area (Å²) in [5.41, 5.74) is 0. The van der Waals surface area contributed by atoms with Crippen molar-refractivity contribution < 1.29 is 5.11 Å². The minimum atomic E-state index is 1.08. The van der Waals surface area contributed by atoms with Gasteiger partial charge in [-0.15, -0.1) is 0 Å². The third-order valence-corrected chi connectivity index (χ3v) is 3.56. The monoisotopic (exact) mass is 266 g/mol. The molecule has 1 heteroatoms. The maximum atomic E-state index is 8.44. The molecule has 0 amide bonds. The molecule has 0 spiro atoms. The molecule has 0 atom stereocenters. The van der Waals surface area contributed by atoms with Gasteiger partial charge in [0.15, 0.2) is 0 Å².